The third kappa shape index (κ3) is 2.99. The molecular formula is C14H17Cl2NO. The van der Waals surface area contributed by atoms with Gasteiger partial charge in [-0.1, -0.05) is 24.6 Å². The minimum absolute atomic E-state index is 0.306. The smallest absolute Gasteiger partial charge is 0.228 e. The predicted octanol–water partition coefficient (Wildman–Crippen LogP) is 4.20. The zero-order valence-electron chi connectivity index (χ0n) is 10.5. The predicted molar refractivity (Wildman–Crippen MR) is 76.8 cm³/mol. The van der Waals surface area contributed by atoms with Crippen LogP contribution >= 0.6 is 23.2 Å². The van der Waals surface area contributed by atoms with Crippen LogP contribution in [0.25, 0.3) is 0 Å². The largest absolute Gasteiger partial charge is 0.370 e. The minimum atomic E-state index is -0.350. The molecular weight excluding hydrogens is 269 g/mol. The van der Waals surface area contributed by atoms with Crippen molar-refractivity contribution in [1.82, 2.24) is 0 Å². The Hall–Kier alpha value is -0.730. The molecule has 0 spiro atoms. The van der Waals surface area contributed by atoms with Crippen LogP contribution in [-0.4, -0.2) is 18.3 Å². The van der Waals surface area contributed by atoms with Gasteiger partial charge in [0.2, 0.25) is 5.24 Å². The second-order valence-electron chi connectivity index (χ2n) is 4.78. The van der Waals surface area contributed by atoms with E-state index >= 15 is 0 Å². The highest BCUT2D eigenvalue weighted by Gasteiger charge is 2.17. The van der Waals surface area contributed by atoms with Crippen molar-refractivity contribution in [3.8, 4) is 0 Å². The first-order valence-electron chi connectivity index (χ1n) is 6.33. The van der Waals surface area contributed by atoms with E-state index in [2.05, 4.69) is 4.90 Å². The Bertz CT molecular complexity index is 441. The molecule has 1 saturated heterocycles. The zero-order valence-corrected chi connectivity index (χ0v) is 12.0. The standard InChI is InChI=1S/C14H17Cl2NO/c1-10(14(16)18)11-5-6-13(12(15)9-11)17-7-3-2-4-8-17/h5-6,9-10H,2-4,7-8H2,1H3. The van der Waals surface area contributed by atoms with Gasteiger partial charge >= 0.3 is 0 Å². The molecule has 1 aliphatic rings. The SMILES string of the molecule is CC(C(=O)Cl)c1ccc(N2CCCCC2)c(Cl)c1. The quantitative estimate of drug-likeness (QED) is 0.776. The first-order chi connectivity index (χ1) is 8.59. The van der Waals surface area contributed by atoms with Gasteiger partial charge in [-0.15, -0.1) is 0 Å². The molecule has 1 aromatic carbocycles. The van der Waals surface area contributed by atoms with Crippen LogP contribution in [0.15, 0.2) is 18.2 Å². The monoisotopic (exact) mass is 285 g/mol. The van der Waals surface area contributed by atoms with E-state index in [4.69, 9.17) is 23.2 Å². The molecule has 18 heavy (non-hydrogen) atoms. The lowest BCUT2D eigenvalue weighted by molar-refractivity contribution is -0.112. The van der Waals surface area contributed by atoms with E-state index in [9.17, 15) is 4.79 Å². The fraction of sp³-hybridized carbons (Fsp3) is 0.500. The Morgan fingerprint density at radius 1 is 1.28 bits per heavy atom. The second-order valence-corrected chi connectivity index (χ2v) is 5.56. The molecule has 0 amide bonds. The van der Waals surface area contributed by atoms with E-state index in [1.807, 2.05) is 18.2 Å². The molecule has 0 radical (unpaired) electrons. The summed E-state index contributed by atoms with van der Waals surface area (Å²) in [7, 11) is 0. The van der Waals surface area contributed by atoms with Crippen molar-refractivity contribution in [2.24, 2.45) is 0 Å². The van der Waals surface area contributed by atoms with Gasteiger partial charge in [-0.3, -0.25) is 4.79 Å². The summed E-state index contributed by atoms with van der Waals surface area (Å²) in [6.45, 7) is 3.91. The maximum atomic E-state index is 11.2. The van der Waals surface area contributed by atoms with E-state index < -0.39 is 0 Å². The molecule has 0 saturated carbocycles. The Morgan fingerprint density at radius 2 is 1.94 bits per heavy atom. The lowest BCUT2D eigenvalue weighted by atomic mass is 10.0. The van der Waals surface area contributed by atoms with Crippen LogP contribution in [0.4, 0.5) is 5.69 Å². The summed E-state index contributed by atoms with van der Waals surface area (Å²) < 4.78 is 0. The molecule has 0 aliphatic carbocycles. The molecule has 0 aromatic heterocycles. The number of rotatable bonds is 3. The maximum absolute atomic E-state index is 11.2. The number of benzene rings is 1. The number of anilines is 1. The van der Waals surface area contributed by atoms with Gasteiger partial charge in [0.25, 0.3) is 0 Å². The molecule has 1 aromatic rings. The summed E-state index contributed by atoms with van der Waals surface area (Å²) in [5.74, 6) is -0.306. The second kappa shape index (κ2) is 5.94. The van der Waals surface area contributed by atoms with Crippen molar-refractivity contribution in [2.45, 2.75) is 32.1 Å². The van der Waals surface area contributed by atoms with Crippen LogP contribution in [0.1, 0.15) is 37.7 Å². The molecule has 2 nitrogen and oxygen atoms in total. The van der Waals surface area contributed by atoms with Gasteiger partial charge in [0.05, 0.1) is 16.6 Å². The molecule has 1 atom stereocenters. The number of hydrogen-bond acceptors (Lipinski definition) is 2. The normalized spacial score (nSPS) is 17.6. The Balaban J connectivity index is 2.21. The van der Waals surface area contributed by atoms with Crippen LogP contribution in [0.5, 0.6) is 0 Å². The molecule has 0 bridgehead atoms. The van der Waals surface area contributed by atoms with Crippen molar-refractivity contribution >= 4 is 34.1 Å². The average Bonchev–Trinajstić information content (AvgIpc) is 2.38. The van der Waals surface area contributed by atoms with Crippen LogP contribution in [0.2, 0.25) is 5.02 Å². The van der Waals surface area contributed by atoms with E-state index in [-0.39, 0.29) is 11.2 Å². The number of carbonyl (C=O) groups excluding carboxylic acids is 1. The third-order valence-electron chi connectivity index (χ3n) is 3.51. The summed E-state index contributed by atoms with van der Waals surface area (Å²) in [4.78, 5) is 13.5. The van der Waals surface area contributed by atoms with Gasteiger partial charge in [0.15, 0.2) is 0 Å². The van der Waals surface area contributed by atoms with Crippen LogP contribution in [0.3, 0.4) is 0 Å². The van der Waals surface area contributed by atoms with Gasteiger partial charge in [-0.2, -0.15) is 0 Å². The molecule has 2 rings (SSSR count). The fourth-order valence-electron chi connectivity index (χ4n) is 2.31. The topological polar surface area (TPSA) is 20.3 Å². The lowest BCUT2D eigenvalue weighted by Gasteiger charge is -2.29. The molecule has 1 fully saturated rings. The summed E-state index contributed by atoms with van der Waals surface area (Å²) in [5.41, 5.74) is 1.94. The van der Waals surface area contributed by atoms with E-state index in [0.717, 1.165) is 24.3 Å². The Labute approximate surface area is 118 Å². The van der Waals surface area contributed by atoms with Crippen molar-refractivity contribution in [2.75, 3.05) is 18.0 Å². The number of carbonyl (C=O) groups is 1. The number of halogens is 2. The molecule has 1 unspecified atom stereocenters. The van der Waals surface area contributed by atoms with Gasteiger partial charge in [0, 0.05) is 13.1 Å². The lowest BCUT2D eigenvalue weighted by Crippen LogP contribution is -2.29. The van der Waals surface area contributed by atoms with Crippen molar-refractivity contribution in [3.05, 3.63) is 28.8 Å². The molecule has 0 N–H and O–H groups in total. The highest BCUT2D eigenvalue weighted by molar-refractivity contribution is 6.64. The Kier molecular flexibility index (Phi) is 4.52. The van der Waals surface area contributed by atoms with Crippen molar-refractivity contribution in [1.29, 1.82) is 0 Å². The number of nitrogens with zero attached hydrogens (tertiary/aromatic N) is 1. The highest BCUT2D eigenvalue weighted by atomic mass is 35.5. The minimum Gasteiger partial charge on any atom is -0.370 e. The van der Waals surface area contributed by atoms with Gasteiger partial charge in [0.1, 0.15) is 0 Å². The molecule has 1 aliphatic heterocycles. The highest BCUT2D eigenvalue weighted by Crippen LogP contribution is 2.31. The van der Waals surface area contributed by atoms with Gasteiger partial charge < -0.3 is 4.90 Å². The van der Waals surface area contributed by atoms with E-state index in [0.29, 0.717) is 5.02 Å². The van der Waals surface area contributed by atoms with Crippen LogP contribution in [0, 0.1) is 0 Å². The van der Waals surface area contributed by atoms with E-state index in [1.165, 1.54) is 19.3 Å². The zero-order chi connectivity index (χ0) is 13.1. The summed E-state index contributed by atoms with van der Waals surface area (Å²) in [6.07, 6.45) is 3.73. The average molecular weight is 286 g/mol. The first-order valence-corrected chi connectivity index (χ1v) is 7.09. The van der Waals surface area contributed by atoms with Crippen molar-refractivity contribution in [3.63, 3.8) is 0 Å². The third-order valence-corrected chi connectivity index (χ3v) is 4.14. The summed E-state index contributed by atoms with van der Waals surface area (Å²) in [6, 6.07) is 5.80. The number of hydrogen-bond donors (Lipinski definition) is 0. The summed E-state index contributed by atoms with van der Waals surface area (Å²) >= 11 is 11.8. The molecule has 98 valence electrons. The van der Waals surface area contributed by atoms with Gasteiger partial charge in [-0.25, -0.2) is 0 Å². The fourth-order valence-corrected chi connectivity index (χ4v) is 2.75. The van der Waals surface area contributed by atoms with Crippen LogP contribution in [-0.2, 0) is 4.79 Å². The summed E-state index contributed by atoms with van der Waals surface area (Å²) in [5, 5.41) is 0.357. The number of piperidine rings is 1. The van der Waals surface area contributed by atoms with Crippen LogP contribution < -0.4 is 4.90 Å². The van der Waals surface area contributed by atoms with Gasteiger partial charge in [-0.05, 0) is 48.6 Å². The molecule has 4 heteroatoms. The maximum Gasteiger partial charge on any atom is 0.228 e. The molecule has 1 heterocycles. The van der Waals surface area contributed by atoms with E-state index in [1.54, 1.807) is 6.92 Å². The first kappa shape index (κ1) is 13.7. The Morgan fingerprint density at radius 3 is 2.50 bits per heavy atom. The van der Waals surface area contributed by atoms with Crippen molar-refractivity contribution < 1.29 is 4.79 Å².